The van der Waals surface area contributed by atoms with Crippen molar-refractivity contribution >= 4 is 16.7 Å². The van der Waals surface area contributed by atoms with Crippen molar-refractivity contribution < 1.29 is 9.47 Å². The number of aryl methyl sites for hydroxylation is 1. The lowest BCUT2D eigenvalue weighted by atomic mass is 10.2. The summed E-state index contributed by atoms with van der Waals surface area (Å²) >= 11 is 0. The quantitative estimate of drug-likeness (QED) is 0.897. The van der Waals surface area contributed by atoms with E-state index in [4.69, 9.17) is 15.2 Å². The molecule has 18 heavy (non-hydrogen) atoms. The molecule has 0 aliphatic carbocycles. The summed E-state index contributed by atoms with van der Waals surface area (Å²) in [6, 6.07) is 3.74. The van der Waals surface area contributed by atoms with E-state index in [2.05, 4.69) is 11.6 Å². The molecule has 2 aromatic rings. The zero-order valence-electron chi connectivity index (χ0n) is 10.9. The van der Waals surface area contributed by atoms with E-state index in [0.29, 0.717) is 23.0 Å². The Kier molecular flexibility index (Phi) is 3.14. The highest BCUT2D eigenvalue weighted by Gasteiger charge is 2.14. The van der Waals surface area contributed by atoms with Crippen molar-refractivity contribution in [3.05, 3.63) is 24.5 Å². The average Bonchev–Trinajstić information content (AvgIpc) is 2.74. The normalized spacial score (nSPS) is 10.6. The molecule has 0 atom stereocenters. The van der Waals surface area contributed by atoms with Crippen LogP contribution in [0.3, 0.4) is 0 Å². The molecule has 0 unspecified atom stereocenters. The van der Waals surface area contributed by atoms with Crippen LogP contribution in [0.15, 0.2) is 18.7 Å². The Labute approximate surface area is 106 Å². The molecule has 96 valence electrons. The molecule has 0 amide bonds. The van der Waals surface area contributed by atoms with Crippen LogP contribution in [0, 0.1) is 0 Å². The van der Waals surface area contributed by atoms with Crippen molar-refractivity contribution in [2.45, 2.75) is 13.5 Å². The summed E-state index contributed by atoms with van der Waals surface area (Å²) in [5.41, 5.74) is 7.98. The second kappa shape index (κ2) is 4.60. The maximum absolute atomic E-state index is 5.75. The van der Waals surface area contributed by atoms with Gasteiger partial charge in [0.15, 0.2) is 17.3 Å². The minimum Gasteiger partial charge on any atom is -0.493 e. The Balaban J connectivity index is 2.77. The first kappa shape index (κ1) is 12.3. The molecule has 1 aromatic carbocycles. The maximum Gasteiger partial charge on any atom is 0.163 e. The van der Waals surface area contributed by atoms with Gasteiger partial charge in [-0.15, -0.1) is 0 Å². The number of rotatable bonds is 4. The number of methoxy groups -OCH3 is 2. The third kappa shape index (κ3) is 1.77. The van der Waals surface area contributed by atoms with Gasteiger partial charge in [0.2, 0.25) is 0 Å². The zero-order chi connectivity index (χ0) is 13.3. The van der Waals surface area contributed by atoms with Crippen molar-refractivity contribution in [1.82, 2.24) is 9.55 Å². The van der Waals surface area contributed by atoms with Crippen molar-refractivity contribution in [2.24, 2.45) is 5.73 Å². The fourth-order valence-corrected chi connectivity index (χ4v) is 2.02. The first-order valence-corrected chi connectivity index (χ1v) is 5.69. The number of nitrogens with zero attached hydrogens (tertiary/aromatic N) is 2. The van der Waals surface area contributed by atoms with Gasteiger partial charge < -0.3 is 19.8 Å². The van der Waals surface area contributed by atoms with E-state index >= 15 is 0 Å². The number of imidazole rings is 1. The number of ether oxygens (including phenoxy) is 2. The molecule has 0 saturated carbocycles. The van der Waals surface area contributed by atoms with Gasteiger partial charge in [0.1, 0.15) is 0 Å². The second-order valence-electron chi connectivity index (χ2n) is 3.90. The molecule has 0 radical (unpaired) electrons. The molecule has 0 saturated heterocycles. The summed E-state index contributed by atoms with van der Waals surface area (Å²) in [4.78, 5) is 4.47. The standard InChI is InChI=1S/C13H17N3O2/c1-5-16-10-7-12(18-4)11(17-3)6-9(10)15-13(16)8(2)14/h6-7H,2,5,14H2,1,3-4H3. The summed E-state index contributed by atoms with van der Waals surface area (Å²) in [6.45, 7) is 6.54. The van der Waals surface area contributed by atoms with Gasteiger partial charge in [0.25, 0.3) is 0 Å². The van der Waals surface area contributed by atoms with E-state index in [1.54, 1.807) is 14.2 Å². The molecular weight excluding hydrogens is 230 g/mol. The summed E-state index contributed by atoms with van der Waals surface area (Å²) in [5.74, 6) is 2.01. The Morgan fingerprint density at radius 3 is 2.44 bits per heavy atom. The maximum atomic E-state index is 5.75. The summed E-state index contributed by atoms with van der Waals surface area (Å²) in [7, 11) is 3.21. The molecule has 0 aliphatic heterocycles. The third-order valence-corrected chi connectivity index (χ3v) is 2.86. The Morgan fingerprint density at radius 1 is 1.33 bits per heavy atom. The summed E-state index contributed by atoms with van der Waals surface area (Å²) in [5, 5.41) is 0. The number of hydrogen-bond acceptors (Lipinski definition) is 4. The lowest BCUT2D eigenvalue weighted by Gasteiger charge is -2.08. The van der Waals surface area contributed by atoms with Gasteiger partial charge in [0.05, 0.1) is 31.0 Å². The van der Waals surface area contributed by atoms with Crippen LogP contribution in [-0.2, 0) is 6.54 Å². The number of aromatic nitrogens is 2. The number of benzene rings is 1. The summed E-state index contributed by atoms with van der Waals surface area (Å²) in [6.07, 6.45) is 0. The lowest BCUT2D eigenvalue weighted by Crippen LogP contribution is -2.05. The summed E-state index contributed by atoms with van der Waals surface area (Å²) < 4.78 is 12.6. The average molecular weight is 247 g/mol. The molecule has 2 N–H and O–H groups in total. The lowest BCUT2D eigenvalue weighted by molar-refractivity contribution is 0.355. The largest absolute Gasteiger partial charge is 0.493 e. The van der Waals surface area contributed by atoms with Crippen LogP contribution in [0.5, 0.6) is 11.5 Å². The zero-order valence-corrected chi connectivity index (χ0v) is 10.9. The van der Waals surface area contributed by atoms with Crippen LogP contribution < -0.4 is 15.2 Å². The van der Waals surface area contributed by atoms with Crippen LogP contribution in [0.2, 0.25) is 0 Å². The third-order valence-electron chi connectivity index (χ3n) is 2.86. The van der Waals surface area contributed by atoms with Crippen LogP contribution in [0.1, 0.15) is 12.7 Å². The molecule has 0 spiro atoms. The van der Waals surface area contributed by atoms with E-state index < -0.39 is 0 Å². The highest BCUT2D eigenvalue weighted by molar-refractivity contribution is 5.83. The fraction of sp³-hybridized carbons (Fsp3) is 0.308. The molecule has 5 heteroatoms. The molecular formula is C13H17N3O2. The van der Waals surface area contributed by atoms with Gasteiger partial charge in [-0.05, 0) is 6.92 Å². The molecule has 1 heterocycles. The van der Waals surface area contributed by atoms with Crippen molar-refractivity contribution in [3.63, 3.8) is 0 Å². The predicted octanol–water partition coefficient (Wildman–Crippen LogP) is 2.00. The first-order chi connectivity index (χ1) is 8.62. The van der Waals surface area contributed by atoms with Gasteiger partial charge in [-0.3, -0.25) is 0 Å². The number of fused-ring (bicyclic) bond motifs is 1. The van der Waals surface area contributed by atoms with Crippen molar-refractivity contribution in [1.29, 1.82) is 0 Å². The van der Waals surface area contributed by atoms with Crippen LogP contribution in [0.4, 0.5) is 0 Å². The number of nitrogens with two attached hydrogens (primary N) is 1. The highest BCUT2D eigenvalue weighted by atomic mass is 16.5. The van der Waals surface area contributed by atoms with Crippen LogP contribution >= 0.6 is 0 Å². The Morgan fingerprint density at radius 2 is 1.94 bits per heavy atom. The van der Waals surface area contributed by atoms with Gasteiger partial charge in [0, 0.05) is 18.7 Å². The van der Waals surface area contributed by atoms with Crippen molar-refractivity contribution in [2.75, 3.05) is 14.2 Å². The van der Waals surface area contributed by atoms with E-state index in [9.17, 15) is 0 Å². The minimum atomic E-state index is 0.450. The Bertz CT molecular complexity index is 602. The molecule has 0 aliphatic rings. The monoisotopic (exact) mass is 247 g/mol. The van der Waals surface area contributed by atoms with Crippen LogP contribution in [-0.4, -0.2) is 23.8 Å². The smallest absolute Gasteiger partial charge is 0.163 e. The van der Waals surface area contributed by atoms with E-state index in [1.165, 1.54) is 0 Å². The molecule has 0 bridgehead atoms. The predicted molar refractivity (Wildman–Crippen MR) is 71.7 cm³/mol. The molecule has 5 nitrogen and oxygen atoms in total. The van der Waals surface area contributed by atoms with E-state index in [-0.39, 0.29) is 0 Å². The topological polar surface area (TPSA) is 62.3 Å². The van der Waals surface area contributed by atoms with Gasteiger partial charge >= 0.3 is 0 Å². The number of hydrogen-bond donors (Lipinski definition) is 1. The van der Waals surface area contributed by atoms with Gasteiger partial charge in [-0.25, -0.2) is 4.98 Å². The second-order valence-corrected chi connectivity index (χ2v) is 3.90. The van der Waals surface area contributed by atoms with E-state index in [1.807, 2.05) is 23.6 Å². The highest BCUT2D eigenvalue weighted by Crippen LogP contribution is 2.32. The van der Waals surface area contributed by atoms with Crippen LogP contribution in [0.25, 0.3) is 16.7 Å². The van der Waals surface area contributed by atoms with E-state index in [0.717, 1.165) is 17.6 Å². The molecule has 2 rings (SSSR count). The SMILES string of the molecule is C=C(N)c1nc2cc(OC)c(OC)cc2n1CC. The first-order valence-electron chi connectivity index (χ1n) is 5.69. The minimum absolute atomic E-state index is 0.450. The van der Waals surface area contributed by atoms with Gasteiger partial charge in [-0.1, -0.05) is 6.58 Å². The molecule has 1 aromatic heterocycles. The van der Waals surface area contributed by atoms with Crippen molar-refractivity contribution in [3.8, 4) is 11.5 Å². The molecule has 0 fully saturated rings. The van der Waals surface area contributed by atoms with Gasteiger partial charge in [-0.2, -0.15) is 0 Å². The Hall–Kier alpha value is -2.17. The fourth-order valence-electron chi connectivity index (χ4n) is 2.02.